The summed E-state index contributed by atoms with van der Waals surface area (Å²) in [5.74, 6) is 0.518. The number of piperazine rings is 1. The molecule has 2 heterocycles. The van der Waals surface area contributed by atoms with Crippen LogP contribution in [0, 0.1) is 5.82 Å². The third-order valence-corrected chi connectivity index (χ3v) is 5.95. The maximum atomic E-state index is 13.1. The van der Waals surface area contributed by atoms with Crippen molar-refractivity contribution in [2.24, 2.45) is 0 Å². The summed E-state index contributed by atoms with van der Waals surface area (Å²) in [4.78, 5) is 21.4. The molecule has 0 N–H and O–H groups in total. The first-order valence-corrected chi connectivity index (χ1v) is 10.7. The molecule has 0 bridgehead atoms. The SMILES string of the molecule is CC1CN(c2nc(Cc3ccc(F)cc3)ns2)CCN1C(=O)/C=C/c1ccccc1. The highest BCUT2D eigenvalue weighted by Crippen LogP contribution is 2.23. The zero-order chi connectivity index (χ0) is 20.9. The monoisotopic (exact) mass is 422 g/mol. The lowest BCUT2D eigenvalue weighted by atomic mass is 10.1. The first-order valence-electron chi connectivity index (χ1n) is 9.94. The Labute approximate surface area is 179 Å². The zero-order valence-corrected chi connectivity index (χ0v) is 17.6. The average molecular weight is 423 g/mol. The molecule has 5 nitrogen and oxygen atoms in total. The summed E-state index contributed by atoms with van der Waals surface area (Å²) >= 11 is 1.37. The van der Waals surface area contributed by atoms with E-state index in [1.165, 1.54) is 23.7 Å². The Hall–Kier alpha value is -3.06. The van der Waals surface area contributed by atoms with Gasteiger partial charge in [-0.2, -0.15) is 4.37 Å². The molecule has 2 aromatic carbocycles. The molecule has 1 amide bonds. The van der Waals surface area contributed by atoms with Gasteiger partial charge in [0.1, 0.15) is 11.6 Å². The van der Waals surface area contributed by atoms with E-state index in [1.54, 1.807) is 18.2 Å². The molecule has 1 aromatic heterocycles. The molecule has 1 aliphatic rings. The molecule has 4 rings (SSSR count). The van der Waals surface area contributed by atoms with Gasteiger partial charge in [0.15, 0.2) is 0 Å². The number of hydrogen-bond donors (Lipinski definition) is 0. The molecule has 1 atom stereocenters. The number of carbonyl (C=O) groups is 1. The predicted octanol–water partition coefficient (Wildman–Crippen LogP) is 4.02. The molecule has 0 spiro atoms. The number of hydrogen-bond acceptors (Lipinski definition) is 5. The second-order valence-corrected chi connectivity index (χ2v) is 8.10. The summed E-state index contributed by atoms with van der Waals surface area (Å²) in [6, 6.07) is 16.3. The van der Waals surface area contributed by atoms with Gasteiger partial charge in [0.2, 0.25) is 11.0 Å². The Morgan fingerprint density at radius 3 is 2.67 bits per heavy atom. The van der Waals surface area contributed by atoms with Crippen molar-refractivity contribution in [3.05, 3.63) is 83.4 Å². The molecule has 1 saturated heterocycles. The fraction of sp³-hybridized carbons (Fsp3) is 0.261. The van der Waals surface area contributed by atoms with E-state index >= 15 is 0 Å². The second-order valence-electron chi connectivity index (χ2n) is 7.37. The quantitative estimate of drug-likeness (QED) is 0.583. The van der Waals surface area contributed by atoms with E-state index in [0.717, 1.165) is 35.2 Å². The van der Waals surface area contributed by atoms with Gasteiger partial charge in [-0.3, -0.25) is 4.79 Å². The Morgan fingerprint density at radius 1 is 1.17 bits per heavy atom. The number of anilines is 1. The van der Waals surface area contributed by atoms with Crippen molar-refractivity contribution in [3.8, 4) is 0 Å². The van der Waals surface area contributed by atoms with Gasteiger partial charge >= 0.3 is 0 Å². The van der Waals surface area contributed by atoms with Crippen molar-refractivity contribution in [2.75, 3.05) is 24.5 Å². The van der Waals surface area contributed by atoms with Gasteiger partial charge in [0.05, 0.1) is 0 Å². The van der Waals surface area contributed by atoms with Crippen LogP contribution in [0.3, 0.4) is 0 Å². The molecule has 1 aliphatic heterocycles. The van der Waals surface area contributed by atoms with Crippen LogP contribution in [0.1, 0.15) is 23.9 Å². The molecule has 1 fully saturated rings. The predicted molar refractivity (Wildman–Crippen MR) is 118 cm³/mol. The minimum Gasteiger partial charge on any atom is -0.343 e. The smallest absolute Gasteiger partial charge is 0.246 e. The number of halogens is 1. The number of benzene rings is 2. The minimum absolute atomic E-state index is 0.0280. The van der Waals surface area contributed by atoms with Crippen molar-refractivity contribution < 1.29 is 9.18 Å². The van der Waals surface area contributed by atoms with Gasteiger partial charge in [-0.25, -0.2) is 9.37 Å². The van der Waals surface area contributed by atoms with Gasteiger partial charge < -0.3 is 9.80 Å². The van der Waals surface area contributed by atoms with Crippen molar-refractivity contribution in [3.63, 3.8) is 0 Å². The molecule has 1 unspecified atom stereocenters. The van der Waals surface area contributed by atoms with Crippen LogP contribution >= 0.6 is 11.5 Å². The zero-order valence-electron chi connectivity index (χ0n) is 16.7. The standard InChI is InChI=1S/C23H23FN4OS/c1-17-16-27(13-14-28(17)22(29)12-9-18-5-3-2-4-6-18)23-25-21(26-30-23)15-19-7-10-20(24)11-8-19/h2-12,17H,13-16H2,1H3/b12-9+. The molecular formula is C23H23FN4OS. The van der Waals surface area contributed by atoms with Crippen molar-refractivity contribution in [1.82, 2.24) is 14.3 Å². The molecule has 30 heavy (non-hydrogen) atoms. The maximum absolute atomic E-state index is 13.1. The molecule has 0 aliphatic carbocycles. The van der Waals surface area contributed by atoms with Gasteiger partial charge in [-0.1, -0.05) is 42.5 Å². The van der Waals surface area contributed by atoms with E-state index in [9.17, 15) is 9.18 Å². The average Bonchev–Trinajstić information content (AvgIpc) is 3.23. The number of carbonyl (C=O) groups excluding carboxylic acids is 1. The number of nitrogens with zero attached hydrogens (tertiary/aromatic N) is 4. The van der Waals surface area contributed by atoms with E-state index in [2.05, 4.69) is 21.2 Å². The minimum atomic E-state index is -0.245. The van der Waals surface area contributed by atoms with E-state index in [0.29, 0.717) is 13.0 Å². The normalized spacial score (nSPS) is 16.9. The fourth-order valence-corrected chi connectivity index (χ4v) is 4.24. The molecule has 0 radical (unpaired) electrons. The largest absolute Gasteiger partial charge is 0.343 e. The lowest BCUT2D eigenvalue weighted by Gasteiger charge is -2.39. The Balaban J connectivity index is 1.35. The molecule has 154 valence electrons. The highest BCUT2D eigenvalue weighted by atomic mass is 32.1. The lowest BCUT2D eigenvalue weighted by molar-refractivity contribution is -0.128. The van der Waals surface area contributed by atoms with Crippen LogP contribution in [0.4, 0.5) is 9.52 Å². The highest BCUT2D eigenvalue weighted by molar-refractivity contribution is 7.09. The van der Waals surface area contributed by atoms with Crippen molar-refractivity contribution in [2.45, 2.75) is 19.4 Å². The van der Waals surface area contributed by atoms with Gasteiger partial charge in [0, 0.05) is 49.7 Å². The van der Waals surface area contributed by atoms with Crippen LogP contribution in [0.15, 0.2) is 60.7 Å². The lowest BCUT2D eigenvalue weighted by Crippen LogP contribution is -2.53. The Kier molecular flexibility index (Phi) is 6.18. The van der Waals surface area contributed by atoms with E-state index < -0.39 is 0 Å². The third-order valence-electron chi connectivity index (χ3n) is 5.13. The van der Waals surface area contributed by atoms with E-state index in [4.69, 9.17) is 0 Å². The van der Waals surface area contributed by atoms with E-state index in [-0.39, 0.29) is 17.8 Å². The summed E-state index contributed by atoms with van der Waals surface area (Å²) in [6.07, 6.45) is 4.08. The topological polar surface area (TPSA) is 49.3 Å². The highest BCUT2D eigenvalue weighted by Gasteiger charge is 2.28. The summed E-state index contributed by atoms with van der Waals surface area (Å²) in [6.45, 7) is 4.14. The number of rotatable bonds is 5. The van der Waals surface area contributed by atoms with Crippen LogP contribution in [-0.4, -0.2) is 45.8 Å². The molecule has 7 heteroatoms. The van der Waals surface area contributed by atoms with E-state index in [1.807, 2.05) is 41.3 Å². The van der Waals surface area contributed by atoms with Gasteiger partial charge in [0.25, 0.3) is 0 Å². The van der Waals surface area contributed by atoms with Crippen LogP contribution in [0.2, 0.25) is 0 Å². The molecule has 3 aromatic rings. The summed E-state index contributed by atoms with van der Waals surface area (Å²) in [5.41, 5.74) is 1.99. The van der Waals surface area contributed by atoms with Crippen molar-refractivity contribution >= 4 is 28.6 Å². The van der Waals surface area contributed by atoms with Crippen molar-refractivity contribution in [1.29, 1.82) is 0 Å². The third kappa shape index (κ3) is 4.91. The van der Waals surface area contributed by atoms with Crippen LogP contribution in [0.5, 0.6) is 0 Å². The summed E-state index contributed by atoms with van der Waals surface area (Å²) < 4.78 is 17.5. The number of aromatic nitrogens is 2. The Morgan fingerprint density at radius 2 is 1.93 bits per heavy atom. The molecule has 0 saturated carbocycles. The number of amides is 1. The Bertz CT molecular complexity index is 1020. The maximum Gasteiger partial charge on any atom is 0.246 e. The van der Waals surface area contributed by atoms with Crippen LogP contribution in [-0.2, 0) is 11.2 Å². The van der Waals surface area contributed by atoms with Crippen LogP contribution < -0.4 is 4.90 Å². The van der Waals surface area contributed by atoms with Gasteiger partial charge in [-0.15, -0.1) is 0 Å². The molecular weight excluding hydrogens is 399 g/mol. The first-order chi connectivity index (χ1) is 14.6. The summed E-state index contributed by atoms with van der Waals surface area (Å²) in [5, 5.41) is 0.867. The first kappa shape index (κ1) is 20.2. The van der Waals surface area contributed by atoms with Crippen LogP contribution in [0.25, 0.3) is 6.08 Å². The summed E-state index contributed by atoms with van der Waals surface area (Å²) in [7, 11) is 0. The second kappa shape index (κ2) is 9.17. The fourth-order valence-electron chi connectivity index (χ4n) is 3.52. The van der Waals surface area contributed by atoms with Gasteiger partial charge in [-0.05, 0) is 36.3 Å².